The Morgan fingerprint density at radius 1 is 0.517 bits per heavy atom. The van der Waals surface area contributed by atoms with Crippen LogP contribution in [-0.2, 0) is 9.59 Å². The summed E-state index contributed by atoms with van der Waals surface area (Å²) in [5.74, 6) is -4.50. The van der Waals surface area contributed by atoms with E-state index in [1.54, 1.807) is 0 Å². The van der Waals surface area contributed by atoms with E-state index >= 15 is 0 Å². The number of carboxylic acids is 2. The summed E-state index contributed by atoms with van der Waals surface area (Å²) >= 11 is 0. The molecule has 0 amide bonds. The minimum atomic E-state index is -1.53. The molecule has 4 nitrogen and oxygen atoms in total. The van der Waals surface area contributed by atoms with Gasteiger partial charge in [0.2, 0.25) is 0 Å². The Bertz CT molecular complexity index is 351. The quantitative estimate of drug-likeness (QED) is 0.127. The third-order valence-electron chi connectivity index (χ3n) is 5.42. The van der Waals surface area contributed by atoms with Crippen molar-refractivity contribution in [2.45, 2.75) is 129 Å². The molecule has 0 rings (SSSR count). The van der Waals surface area contributed by atoms with Gasteiger partial charge in [-0.2, -0.15) is 0 Å². The van der Waals surface area contributed by atoms with Gasteiger partial charge in [0, 0.05) is 5.92 Å². The van der Waals surface area contributed by atoms with Gasteiger partial charge in [-0.05, 0) is 6.42 Å². The SMILES string of the molecule is CCCCCCCCCCCCCCCCCCCCC(C(=O)[O-])C(=O)[O-].[Na+].[Na+]. The molecule has 6 heteroatoms. The molecule has 0 N–H and O–H groups in total. The molecule has 29 heavy (non-hydrogen) atoms. The maximum atomic E-state index is 10.6. The Hall–Kier alpha value is 0.940. The zero-order chi connectivity index (χ0) is 20.2. The standard InChI is InChI=1S/C23H44O4.2Na/c1-2-3-4-5-6-7-8-9-10-11-12-13-14-15-16-17-18-19-20-21(22(24)25)23(26)27;;/h21H,2-20H2,1H3,(H,24,25)(H,26,27);;/q;2*+1/p-2. The van der Waals surface area contributed by atoms with E-state index in [-0.39, 0.29) is 65.5 Å². The Labute approximate surface area is 224 Å². The monoisotopic (exact) mass is 428 g/mol. The van der Waals surface area contributed by atoms with Gasteiger partial charge in [-0.15, -0.1) is 0 Å². The molecule has 0 heterocycles. The molecule has 160 valence electrons. The summed E-state index contributed by atoms with van der Waals surface area (Å²) in [6, 6.07) is 0. The molecule has 0 aliphatic carbocycles. The molecule has 0 fully saturated rings. The fourth-order valence-electron chi connectivity index (χ4n) is 3.58. The van der Waals surface area contributed by atoms with Gasteiger partial charge in [0.25, 0.3) is 0 Å². The van der Waals surface area contributed by atoms with E-state index in [0.717, 1.165) is 19.3 Å². The first kappa shape index (κ1) is 34.6. The summed E-state index contributed by atoms with van der Waals surface area (Å²) < 4.78 is 0. The zero-order valence-corrected chi connectivity index (χ0v) is 23.6. The molecule has 0 aromatic heterocycles. The second-order valence-electron chi connectivity index (χ2n) is 7.99. The number of carbonyl (C=O) groups is 2. The van der Waals surface area contributed by atoms with E-state index in [2.05, 4.69) is 6.92 Å². The molecule has 0 spiro atoms. The van der Waals surface area contributed by atoms with E-state index in [4.69, 9.17) is 0 Å². The van der Waals surface area contributed by atoms with Crippen molar-refractivity contribution in [1.82, 2.24) is 0 Å². The van der Waals surface area contributed by atoms with Gasteiger partial charge in [0.15, 0.2) is 0 Å². The summed E-state index contributed by atoms with van der Waals surface area (Å²) in [6.45, 7) is 2.26. The first-order chi connectivity index (χ1) is 13.1. The smallest absolute Gasteiger partial charge is 0.549 e. The van der Waals surface area contributed by atoms with Crippen LogP contribution < -0.4 is 69.3 Å². The molecule has 0 aromatic carbocycles. The third-order valence-corrected chi connectivity index (χ3v) is 5.42. The minimum Gasteiger partial charge on any atom is -0.549 e. The predicted octanol–water partition coefficient (Wildman–Crippen LogP) is -1.46. The zero-order valence-electron chi connectivity index (χ0n) is 19.6. The van der Waals surface area contributed by atoms with Crippen molar-refractivity contribution in [3.05, 3.63) is 0 Å². The van der Waals surface area contributed by atoms with Gasteiger partial charge in [-0.1, -0.05) is 122 Å². The van der Waals surface area contributed by atoms with E-state index in [1.807, 2.05) is 0 Å². The van der Waals surface area contributed by atoms with Gasteiger partial charge >= 0.3 is 59.1 Å². The van der Waals surface area contributed by atoms with E-state index in [0.29, 0.717) is 6.42 Å². The minimum absolute atomic E-state index is 0. The average Bonchev–Trinajstić information content (AvgIpc) is 2.63. The molecule has 0 aliphatic rings. The van der Waals surface area contributed by atoms with Crippen LogP contribution in [0, 0.1) is 5.92 Å². The number of rotatable bonds is 21. The topological polar surface area (TPSA) is 80.3 Å². The predicted molar refractivity (Wildman–Crippen MR) is 107 cm³/mol. The molecule has 0 radical (unpaired) electrons. The number of hydrogen-bond donors (Lipinski definition) is 0. The van der Waals surface area contributed by atoms with Crippen LogP contribution in [0.4, 0.5) is 0 Å². The first-order valence-corrected chi connectivity index (χ1v) is 11.5. The molecule has 0 atom stereocenters. The molecule has 0 aromatic rings. The molecular weight excluding hydrogens is 386 g/mol. The Morgan fingerprint density at radius 3 is 1.00 bits per heavy atom. The molecule has 0 saturated heterocycles. The van der Waals surface area contributed by atoms with Crippen molar-refractivity contribution in [3.63, 3.8) is 0 Å². The van der Waals surface area contributed by atoms with Crippen LogP contribution in [0.15, 0.2) is 0 Å². The fourth-order valence-corrected chi connectivity index (χ4v) is 3.58. The molecule has 0 bridgehead atoms. The second kappa shape index (κ2) is 27.0. The Morgan fingerprint density at radius 2 is 0.759 bits per heavy atom. The van der Waals surface area contributed by atoms with Crippen LogP contribution in [-0.4, -0.2) is 11.9 Å². The Kier molecular flexibility index (Phi) is 32.1. The maximum absolute atomic E-state index is 10.6. The van der Waals surface area contributed by atoms with Gasteiger partial charge in [-0.3, -0.25) is 0 Å². The van der Waals surface area contributed by atoms with Crippen molar-refractivity contribution < 1.29 is 78.9 Å². The number of aliphatic carboxylic acids is 2. The normalized spacial score (nSPS) is 10.4. The average molecular weight is 429 g/mol. The van der Waals surface area contributed by atoms with Crippen LogP contribution in [0.2, 0.25) is 0 Å². The van der Waals surface area contributed by atoms with Crippen LogP contribution in [0.1, 0.15) is 129 Å². The van der Waals surface area contributed by atoms with Crippen LogP contribution >= 0.6 is 0 Å². The summed E-state index contributed by atoms with van der Waals surface area (Å²) in [5.41, 5.74) is 0. The molecule has 0 aliphatic heterocycles. The van der Waals surface area contributed by atoms with Crippen molar-refractivity contribution in [2.75, 3.05) is 0 Å². The van der Waals surface area contributed by atoms with E-state index < -0.39 is 17.9 Å². The van der Waals surface area contributed by atoms with Crippen LogP contribution in [0.5, 0.6) is 0 Å². The van der Waals surface area contributed by atoms with Crippen LogP contribution in [0.3, 0.4) is 0 Å². The third kappa shape index (κ3) is 25.1. The van der Waals surface area contributed by atoms with Gasteiger partial charge in [0.05, 0.1) is 11.9 Å². The molecule has 0 unspecified atom stereocenters. The second-order valence-corrected chi connectivity index (χ2v) is 7.99. The summed E-state index contributed by atoms with van der Waals surface area (Å²) in [4.78, 5) is 21.2. The maximum Gasteiger partial charge on any atom is 1.00 e. The molecule has 0 saturated carbocycles. The number of carbonyl (C=O) groups excluding carboxylic acids is 2. The van der Waals surface area contributed by atoms with Crippen molar-refractivity contribution in [1.29, 1.82) is 0 Å². The van der Waals surface area contributed by atoms with Gasteiger partial charge in [0.1, 0.15) is 0 Å². The summed E-state index contributed by atoms with van der Waals surface area (Å²) in [7, 11) is 0. The number of hydrogen-bond acceptors (Lipinski definition) is 4. The largest absolute Gasteiger partial charge is 1.00 e. The Balaban J connectivity index is -0.00000338. The van der Waals surface area contributed by atoms with E-state index in [9.17, 15) is 19.8 Å². The van der Waals surface area contributed by atoms with Crippen molar-refractivity contribution in [2.24, 2.45) is 5.92 Å². The van der Waals surface area contributed by atoms with Crippen molar-refractivity contribution in [3.8, 4) is 0 Å². The van der Waals surface area contributed by atoms with Gasteiger partial charge < -0.3 is 19.8 Å². The van der Waals surface area contributed by atoms with Crippen LogP contribution in [0.25, 0.3) is 0 Å². The summed E-state index contributed by atoms with van der Waals surface area (Å²) in [6.07, 6.45) is 22.9. The number of unbranched alkanes of at least 4 members (excludes halogenated alkanes) is 17. The first-order valence-electron chi connectivity index (χ1n) is 11.5. The fraction of sp³-hybridized carbons (Fsp3) is 0.913. The van der Waals surface area contributed by atoms with Gasteiger partial charge in [-0.25, -0.2) is 0 Å². The molecular formula is C23H42Na2O4. The van der Waals surface area contributed by atoms with Crippen molar-refractivity contribution >= 4 is 11.9 Å². The summed E-state index contributed by atoms with van der Waals surface area (Å²) in [5, 5.41) is 21.2. The number of carboxylic acid groups (broad SMARTS) is 2. The van der Waals surface area contributed by atoms with E-state index in [1.165, 1.54) is 89.9 Å².